The molecule has 1 aromatic heterocycles. The quantitative estimate of drug-likeness (QED) is 0.880. The van der Waals surface area contributed by atoms with Crippen molar-refractivity contribution in [2.24, 2.45) is 17.8 Å². The van der Waals surface area contributed by atoms with Crippen molar-refractivity contribution in [3.8, 4) is 0 Å². The zero-order valence-corrected chi connectivity index (χ0v) is 16.1. The Labute approximate surface area is 160 Å². The van der Waals surface area contributed by atoms with Crippen LogP contribution in [0.4, 0.5) is 0 Å². The summed E-state index contributed by atoms with van der Waals surface area (Å²) in [6, 6.07) is 3.64. The van der Waals surface area contributed by atoms with Gasteiger partial charge >= 0.3 is 0 Å². The molecule has 2 aliphatic heterocycles. The molecule has 0 radical (unpaired) electrons. The van der Waals surface area contributed by atoms with E-state index in [1.54, 1.807) is 12.3 Å². The summed E-state index contributed by atoms with van der Waals surface area (Å²) < 4.78 is 11.3. The molecule has 1 N–H and O–H groups in total. The van der Waals surface area contributed by atoms with Crippen molar-refractivity contribution in [1.82, 2.24) is 10.2 Å². The van der Waals surface area contributed by atoms with Gasteiger partial charge in [0.15, 0.2) is 0 Å². The predicted octanol–water partition coefficient (Wildman–Crippen LogP) is 2.73. The molecule has 2 amide bonds. The minimum atomic E-state index is -0.416. The number of hydrogen-bond acceptors (Lipinski definition) is 4. The number of nitrogens with zero attached hydrogens (tertiary/aromatic N) is 1. The van der Waals surface area contributed by atoms with Crippen molar-refractivity contribution in [3.63, 3.8) is 0 Å². The van der Waals surface area contributed by atoms with Gasteiger partial charge in [-0.05, 0) is 62.5 Å². The molecule has 2 saturated heterocycles. The molecule has 0 aromatic carbocycles. The number of amides is 2. The third kappa shape index (κ3) is 4.21. The summed E-state index contributed by atoms with van der Waals surface area (Å²) in [7, 11) is 0. The average Bonchev–Trinajstić information content (AvgIpc) is 3.35. The van der Waals surface area contributed by atoms with Crippen LogP contribution >= 0.6 is 0 Å². The number of ether oxygens (including phenoxy) is 1. The second-order valence-corrected chi connectivity index (χ2v) is 8.49. The molecule has 3 heterocycles. The number of carbonyl (C=O) groups is 2. The predicted molar refractivity (Wildman–Crippen MR) is 99.6 cm³/mol. The van der Waals surface area contributed by atoms with Crippen molar-refractivity contribution in [3.05, 3.63) is 24.2 Å². The molecule has 3 aliphatic rings. The molecule has 27 heavy (non-hydrogen) atoms. The number of rotatable bonds is 4. The Hall–Kier alpha value is -1.82. The molecule has 1 aliphatic carbocycles. The molecular weight excluding hydrogens is 344 g/mol. The summed E-state index contributed by atoms with van der Waals surface area (Å²) in [5, 5.41) is 2.89. The molecule has 3 fully saturated rings. The van der Waals surface area contributed by atoms with Crippen LogP contribution in [0.1, 0.15) is 51.2 Å². The lowest BCUT2D eigenvalue weighted by molar-refractivity contribution is -0.142. The third-order valence-corrected chi connectivity index (χ3v) is 6.54. The van der Waals surface area contributed by atoms with E-state index < -0.39 is 6.10 Å². The Bertz CT molecular complexity index is 651. The maximum atomic E-state index is 12.9. The standard InChI is InChI=1S/C21H30N2O4/c1-14-4-6-15(7-5-14)21(25)23-9-8-16-11-18(27-19(16)13-23)20(24)22-12-17-3-2-10-26-17/h2-3,10,14-16,18-19H,4-9,11-13H2,1H3,(H,22,24)/t14?,15?,16-,18+,19+/m1/s1. The second-order valence-electron chi connectivity index (χ2n) is 8.49. The molecule has 1 saturated carbocycles. The summed E-state index contributed by atoms with van der Waals surface area (Å²) >= 11 is 0. The van der Waals surface area contributed by atoms with Crippen LogP contribution in [-0.4, -0.2) is 42.0 Å². The minimum absolute atomic E-state index is 0.00965. The van der Waals surface area contributed by atoms with Crippen molar-refractivity contribution < 1.29 is 18.7 Å². The second kappa shape index (κ2) is 8.05. The zero-order valence-electron chi connectivity index (χ0n) is 16.1. The Morgan fingerprint density at radius 1 is 1.22 bits per heavy atom. The smallest absolute Gasteiger partial charge is 0.249 e. The Morgan fingerprint density at radius 2 is 2.04 bits per heavy atom. The molecule has 148 valence electrons. The minimum Gasteiger partial charge on any atom is -0.467 e. The van der Waals surface area contributed by atoms with Crippen LogP contribution in [0.3, 0.4) is 0 Å². The summed E-state index contributed by atoms with van der Waals surface area (Å²) in [6.07, 6.45) is 7.20. The van der Waals surface area contributed by atoms with Gasteiger partial charge in [0.25, 0.3) is 0 Å². The van der Waals surface area contributed by atoms with E-state index in [4.69, 9.17) is 9.15 Å². The van der Waals surface area contributed by atoms with E-state index >= 15 is 0 Å². The van der Waals surface area contributed by atoms with Crippen molar-refractivity contribution in [1.29, 1.82) is 0 Å². The highest BCUT2D eigenvalue weighted by Crippen LogP contribution is 2.35. The third-order valence-electron chi connectivity index (χ3n) is 6.54. The zero-order chi connectivity index (χ0) is 18.8. The van der Waals surface area contributed by atoms with E-state index in [9.17, 15) is 9.59 Å². The number of fused-ring (bicyclic) bond motifs is 1. The van der Waals surface area contributed by atoms with Gasteiger partial charge in [-0.1, -0.05) is 6.92 Å². The Kier molecular flexibility index (Phi) is 5.53. The fourth-order valence-electron chi connectivity index (χ4n) is 4.77. The van der Waals surface area contributed by atoms with Gasteiger partial charge in [-0.15, -0.1) is 0 Å². The maximum absolute atomic E-state index is 12.9. The lowest BCUT2D eigenvalue weighted by atomic mass is 9.81. The Balaban J connectivity index is 1.27. The monoisotopic (exact) mass is 374 g/mol. The molecule has 4 rings (SSSR count). The van der Waals surface area contributed by atoms with Crippen LogP contribution in [0.5, 0.6) is 0 Å². The van der Waals surface area contributed by atoms with E-state index in [0.717, 1.165) is 56.7 Å². The highest BCUT2D eigenvalue weighted by Gasteiger charge is 2.43. The van der Waals surface area contributed by atoms with E-state index in [0.29, 0.717) is 24.9 Å². The van der Waals surface area contributed by atoms with Crippen molar-refractivity contribution >= 4 is 11.8 Å². The highest BCUT2D eigenvalue weighted by molar-refractivity contribution is 5.81. The SMILES string of the molecule is CC1CCC(C(=O)N2CC[C@@H]3C[C@@H](C(=O)NCc4ccco4)O[C@H]3C2)CC1. The van der Waals surface area contributed by atoms with E-state index in [2.05, 4.69) is 12.2 Å². The first-order valence-electron chi connectivity index (χ1n) is 10.3. The lowest BCUT2D eigenvalue weighted by Gasteiger charge is -2.37. The number of nitrogens with one attached hydrogen (secondary N) is 1. The lowest BCUT2D eigenvalue weighted by Crippen LogP contribution is -2.48. The molecular formula is C21H30N2O4. The maximum Gasteiger partial charge on any atom is 0.249 e. The van der Waals surface area contributed by atoms with Crippen LogP contribution < -0.4 is 5.32 Å². The first kappa shape index (κ1) is 18.5. The van der Waals surface area contributed by atoms with Crippen LogP contribution in [0.15, 0.2) is 22.8 Å². The number of carbonyl (C=O) groups excluding carboxylic acids is 2. The van der Waals surface area contributed by atoms with Gasteiger partial charge in [-0.2, -0.15) is 0 Å². The molecule has 0 spiro atoms. The van der Waals surface area contributed by atoms with Crippen LogP contribution in [-0.2, 0) is 20.9 Å². The number of piperidine rings is 1. The summed E-state index contributed by atoms with van der Waals surface area (Å²) in [5.74, 6) is 2.26. The van der Waals surface area contributed by atoms with Crippen LogP contribution in [0, 0.1) is 17.8 Å². The normalized spacial score (nSPS) is 33.5. The van der Waals surface area contributed by atoms with E-state index in [1.165, 1.54) is 0 Å². The van der Waals surface area contributed by atoms with Gasteiger partial charge in [0.2, 0.25) is 11.8 Å². The van der Waals surface area contributed by atoms with Gasteiger partial charge in [0.05, 0.1) is 18.9 Å². The van der Waals surface area contributed by atoms with Gasteiger partial charge in [0, 0.05) is 19.0 Å². The first-order valence-corrected chi connectivity index (χ1v) is 10.3. The highest BCUT2D eigenvalue weighted by atomic mass is 16.5. The molecule has 1 aromatic rings. The van der Waals surface area contributed by atoms with Crippen LogP contribution in [0.2, 0.25) is 0 Å². The topological polar surface area (TPSA) is 71.8 Å². The average molecular weight is 374 g/mol. The molecule has 3 atom stereocenters. The van der Waals surface area contributed by atoms with Gasteiger partial charge in [0.1, 0.15) is 11.9 Å². The van der Waals surface area contributed by atoms with Crippen LogP contribution in [0.25, 0.3) is 0 Å². The summed E-state index contributed by atoms with van der Waals surface area (Å²) in [6.45, 7) is 4.09. The van der Waals surface area contributed by atoms with Gasteiger partial charge in [-0.25, -0.2) is 0 Å². The van der Waals surface area contributed by atoms with E-state index in [1.807, 2.05) is 11.0 Å². The number of furan rings is 1. The molecule has 6 nitrogen and oxygen atoms in total. The first-order chi connectivity index (χ1) is 13.1. The van der Waals surface area contributed by atoms with Gasteiger partial charge < -0.3 is 19.4 Å². The fraction of sp³-hybridized carbons (Fsp3) is 0.714. The largest absolute Gasteiger partial charge is 0.467 e. The fourth-order valence-corrected chi connectivity index (χ4v) is 4.77. The van der Waals surface area contributed by atoms with Crippen molar-refractivity contribution in [2.75, 3.05) is 13.1 Å². The van der Waals surface area contributed by atoms with Crippen molar-refractivity contribution in [2.45, 2.75) is 64.2 Å². The number of likely N-dealkylation sites (tertiary alicyclic amines) is 1. The Morgan fingerprint density at radius 3 is 2.78 bits per heavy atom. The molecule has 0 unspecified atom stereocenters. The van der Waals surface area contributed by atoms with E-state index in [-0.39, 0.29) is 17.9 Å². The van der Waals surface area contributed by atoms with Gasteiger partial charge in [-0.3, -0.25) is 9.59 Å². The number of hydrogen-bond donors (Lipinski definition) is 1. The molecule has 6 heteroatoms. The summed E-state index contributed by atoms with van der Waals surface area (Å²) in [5.41, 5.74) is 0. The molecule has 0 bridgehead atoms. The summed E-state index contributed by atoms with van der Waals surface area (Å²) in [4.78, 5) is 27.3.